The van der Waals surface area contributed by atoms with Crippen molar-refractivity contribution in [2.45, 2.75) is 46.1 Å². The molecule has 0 aromatic rings. The molecule has 3 heteroatoms. The number of aliphatic hydroxyl groups excluding tert-OH is 1. The summed E-state index contributed by atoms with van der Waals surface area (Å²) >= 11 is 0. The maximum Gasteiger partial charge on any atom is 0.0872 e. The van der Waals surface area contributed by atoms with Gasteiger partial charge < -0.3 is 5.11 Å². The molecule has 0 unspecified atom stereocenters. The molecule has 0 bridgehead atoms. The Kier molecular flexibility index (Phi) is 6.06. The summed E-state index contributed by atoms with van der Waals surface area (Å²) in [7, 11) is 0. The average Bonchev–Trinajstić information content (AvgIpc) is 2.76. The largest absolute Gasteiger partial charge is 0.394 e. The highest BCUT2D eigenvalue weighted by Crippen LogP contribution is 2.40. The Bertz CT molecular complexity index is 218. The summed E-state index contributed by atoms with van der Waals surface area (Å²) in [5.74, 6) is 0. The zero-order chi connectivity index (χ0) is 10.6. The Labute approximate surface area is 92.8 Å². The van der Waals surface area contributed by atoms with E-state index in [-0.39, 0.29) is 19.6 Å². The van der Waals surface area contributed by atoms with Gasteiger partial charge in [0.05, 0.1) is 12.9 Å². The molecule has 2 heterocycles. The van der Waals surface area contributed by atoms with E-state index in [2.05, 4.69) is 4.90 Å². The van der Waals surface area contributed by atoms with Crippen LogP contribution in [0.3, 0.4) is 0 Å². The Balaban J connectivity index is 0.000000617. The average molecular weight is 217 g/mol. The van der Waals surface area contributed by atoms with E-state index >= 15 is 0 Å². The van der Waals surface area contributed by atoms with Crippen molar-refractivity contribution in [2.24, 2.45) is 0 Å². The Morgan fingerprint density at radius 3 is 2.67 bits per heavy atom. The molecule has 0 aromatic heterocycles. The van der Waals surface area contributed by atoms with Gasteiger partial charge >= 0.3 is 0 Å². The molecular weight excluding hydrogens is 193 g/mol. The highest BCUT2D eigenvalue weighted by atomic mass is 19.1. The third kappa shape index (κ3) is 2.58. The van der Waals surface area contributed by atoms with Gasteiger partial charge in [-0.05, 0) is 31.4 Å². The molecule has 1 atom stereocenters. The van der Waals surface area contributed by atoms with Gasteiger partial charge in [-0.1, -0.05) is 21.3 Å². The van der Waals surface area contributed by atoms with Gasteiger partial charge in [0, 0.05) is 12.1 Å². The van der Waals surface area contributed by atoms with Crippen LogP contribution in [0.4, 0.5) is 4.39 Å². The molecule has 0 spiro atoms. The normalized spacial score (nSPS) is 31.9. The SMILES string of the molecule is C.CC.OC[C@@]12CCCN1C/C(=C\F)C2. The first kappa shape index (κ1) is 14.6. The van der Waals surface area contributed by atoms with Crippen LogP contribution < -0.4 is 0 Å². The minimum Gasteiger partial charge on any atom is -0.394 e. The molecule has 2 aliphatic heterocycles. The first-order valence-electron chi connectivity index (χ1n) is 5.45. The molecule has 0 aromatic carbocycles. The standard InChI is InChI=1S/C9H14FNO.C2H6.CH4/c10-5-8-4-9(7-12)2-1-3-11(9)6-8;1-2;/h5,12H,1-4,6-7H2;1-2H3;1H4/b8-5-;;/t9-;;/m0../s1. The summed E-state index contributed by atoms with van der Waals surface area (Å²) in [6, 6.07) is 0. The van der Waals surface area contributed by atoms with E-state index in [9.17, 15) is 9.50 Å². The fraction of sp³-hybridized carbons (Fsp3) is 0.833. The Morgan fingerprint density at radius 2 is 2.20 bits per heavy atom. The summed E-state index contributed by atoms with van der Waals surface area (Å²) in [5.41, 5.74) is 0.738. The van der Waals surface area contributed by atoms with Crippen LogP contribution in [0.1, 0.15) is 40.5 Å². The lowest BCUT2D eigenvalue weighted by atomic mass is 9.94. The zero-order valence-corrected chi connectivity index (χ0v) is 9.09. The van der Waals surface area contributed by atoms with Gasteiger partial charge in [0.15, 0.2) is 0 Å². The van der Waals surface area contributed by atoms with Crippen LogP contribution in [0.15, 0.2) is 11.9 Å². The van der Waals surface area contributed by atoms with Gasteiger partial charge in [-0.15, -0.1) is 0 Å². The third-order valence-corrected chi connectivity index (χ3v) is 3.14. The van der Waals surface area contributed by atoms with Crippen molar-refractivity contribution >= 4 is 0 Å². The lowest BCUT2D eigenvalue weighted by Gasteiger charge is -2.28. The summed E-state index contributed by atoms with van der Waals surface area (Å²) in [6.45, 7) is 5.90. The molecule has 90 valence electrons. The molecule has 0 saturated carbocycles. The topological polar surface area (TPSA) is 23.5 Å². The third-order valence-electron chi connectivity index (χ3n) is 3.14. The van der Waals surface area contributed by atoms with Crippen LogP contribution in [0.5, 0.6) is 0 Å². The number of aliphatic hydroxyl groups is 1. The predicted octanol–water partition coefficient (Wildman–Crippen LogP) is 2.73. The van der Waals surface area contributed by atoms with Crippen molar-refractivity contribution in [3.8, 4) is 0 Å². The van der Waals surface area contributed by atoms with Crippen molar-refractivity contribution < 1.29 is 9.50 Å². The maximum absolute atomic E-state index is 12.2. The van der Waals surface area contributed by atoms with E-state index in [4.69, 9.17) is 0 Å². The molecule has 2 fully saturated rings. The van der Waals surface area contributed by atoms with Crippen LogP contribution >= 0.6 is 0 Å². The van der Waals surface area contributed by atoms with Crippen molar-refractivity contribution in [1.29, 1.82) is 0 Å². The predicted molar refractivity (Wildman–Crippen MR) is 62.5 cm³/mol. The zero-order valence-electron chi connectivity index (χ0n) is 9.09. The van der Waals surface area contributed by atoms with Gasteiger partial charge in [0.1, 0.15) is 0 Å². The Morgan fingerprint density at radius 1 is 1.53 bits per heavy atom. The highest BCUT2D eigenvalue weighted by molar-refractivity contribution is 5.18. The molecule has 0 amide bonds. The van der Waals surface area contributed by atoms with E-state index < -0.39 is 0 Å². The first-order valence-corrected chi connectivity index (χ1v) is 5.45. The first-order chi connectivity index (χ1) is 6.80. The van der Waals surface area contributed by atoms with Crippen LogP contribution in [0, 0.1) is 0 Å². The van der Waals surface area contributed by atoms with E-state index in [0.717, 1.165) is 37.9 Å². The molecule has 1 N–H and O–H groups in total. The van der Waals surface area contributed by atoms with Gasteiger partial charge in [0.25, 0.3) is 0 Å². The second-order valence-corrected chi connectivity index (χ2v) is 3.85. The monoisotopic (exact) mass is 217 g/mol. The maximum atomic E-state index is 12.2. The summed E-state index contributed by atoms with van der Waals surface area (Å²) in [6.07, 6.45) is 3.58. The fourth-order valence-corrected chi connectivity index (χ4v) is 2.47. The Hall–Kier alpha value is -0.410. The number of hydrogen-bond donors (Lipinski definition) is 1. The number of halogens is 1. The molecule has 15 heavy (non-hydrogen) atoms. The van der Waals surface area contributed by atoms with Crippen LogP contribution in [0.2, 0.25) is 0 Å². The number of rotatable bonds is 1. The minimum absolute atomic E-state index is 0. The summed E-state index contributed by atoms with van der Waals surface area (Å²) in [4.78, 5) is 2.21. The van der Waals surface area contributed by atoms with E-state index in [1.54, 1.807) is 0 Å². The van der Waals surface area contributed by atoms with Crippen molar-refractivity contribution in [3.05, 3.63) is 11.9 Å². The molecule has 2 rings (SSSR count). The van der Waals surface area contributed by atoms with Crippen LogP contribution in [0.25, 0.3) is 0 Å². The summed E-state index contributed by atoms with van der Waals surface area (Å²) < 4.78 is 12.2. The van der Waals surface area contributed by atoms with E-state index in [1.807, 2.05) is 13.8 Å². The van der Waals surface area contributed by atoms with Crippen molar-refractivity contribution in [1.82, 2.24) is 4.90 Å². The van der Waals surface area contributed by atoms with Gasteiger partial charge in [-0.25, -0.2) is 4.39 Å². The van der Waals surface area contributed by atoms with Crippen molar-refractivity contribution in [2.75, 3.05) is 19.7 Å². The molecule has 2 aliphatic rings. The van der Waals surface area contributed by atoms with Crippen molar-refractivity contribution in [3.63, 3.8) is 0 Å². The molecule has 2 nitrogen and oxygen atoms in total. The summed E-state index contributed by atoms with van der Waals surface area (Å²) in [5, 5.41) is 9.25. The van der Waals surface area contributed by atoms with Crippen LogP contribution in [-0.2, 0) is 0 Å². The second-order valence-electron chi connectivity index (χ2n) is 3.85. The quantitative estimate of drug-likeness (QED) is 0.730. The molecule has 0 aliphatic carbocycles. The van der Waals surface area contributed by atoms with Crippen LogP contribution in [-0.4, -0.2) is 35.2 Å². The minimum atomic E-state index is -0.0993. The molecule has 2 saturated heterocycles. The fourth-order valence-electron chi connectivity index (χ4n) is 2.47. The number of fused-ring (bicyclic) bond motifs is 1. The number of hydrogen-bond acceptors (Lipinski definition) is 2. The molecular formula is C12H24FNO. The highest BCUT2D eigenvalue weighted by Gasteiger charge is 2.45. The van der Waals surface area contributed by atoms with Gasteiger partial charge in [0.2, 0.25) is 0 Å². The van der Waals surface area contributed by atoms with Gasteiger partial charge in [-0.3, -0.25) is 4.90 Å². The second kappa shape index (κ2) is 6.23. The lowest BCUT2D eigenvalue weighted by molar-refractivity contribution is 0.1000. The molecule has 0 radical (unpaired) electrons. The van der Waals surface area contributed by atoms with E-state index in [0.29, 0.717) is 6.33 Å². The lowest BCUT2D eigenvalue weighted by Crippen LogP contribution is -2.41. The smallest absolute Gasteiger partial charge is 0.0872 e. The number of nitrogens with zero attached hydrogens (tertiary/aromatic N) is 1. The van der Waals surface area contributed by atoms with E-state index in [1.165, 1.54) is 0 Å². The van der Waals surface area contributed by atoms with Gasteiger partial charge in [-0.2, -0.15) is 0 Å².